The van der Waals surface area contributed by atoms with Gasteiger partial charge in [-0.1, -0.05) is 24.3 Å². The van der Waals surface area contributed by atoms with Crippen molar-refractivity contribution in [2.45, 2.75) is 13.0 Å². The summed E-state index contributed by atoms with van der Waals surface area (Å²) in [4.78, 5) is 12.0. The molecule has 0 fully saturated rings. The lowest BCUT2D eigenvalue weighted by atomic mass is 10.0. The third-order valence-corrected chi connectivity index (χ3v) is 2.81. The van der Waals surface area contributed by atoms with E-state index in [1.165, 1.54) is 0 Å². The van der Waals surface area contributed by atoms with Gasteiger partial charge in [0, 0.05) is 11.7 Å². The van der Waals surface area contributed by atoms with Gasteiger partial charge in [-0.25, -0.2) is 0 Å². The lowest BCUT2D eigenvalue weighted by molar-refractivity contribution is 0.0923. The molecule has 0 saturated carbocycles. The Morgan fingerprint density at radius 1 is 1.33 bits per heavy atom. The number of nitrogens with two attached hydrogens (primary N) is 1. The van der Waals surface area contributed by atoms with Crippen molar-refractivity contribution < 1.29 is 9.90 Å². The Kier molecular flexibility index (Phi) is 3.48. The Bertz CT molecular complexity index is 581. The highest BCUT2D eigenvalue weighted by molar-refractivity contribution is 6.04. The van der Waals surface area contributed by atoms with Crippen LogP contribution < -0.4 is 11.1 Å². The summed E-state index contributed by atoms with van der Waals surface area (Å²) in [5.41, 5.74) is 6.76. The largest absolute Gasteiger partial charge is 0.398 e. The van der Waals surface area contributed by atoms with E-state index in [4.69, 9.17) is 10.8 Å². The first-order chi connectivity index (χ1) is 8.61. The molecule has 4 heteroatoms. The van der Waals surface area contributed by atoms with Gasteiger partial charge < -0.3 is 16.2 Å². The minimum atomic E-state index is -0.289. The predicted molar refractivity (Wildman–Crippen MR) is 72.4 cm³/mol. The Labute approximate surface area is 105 Å². The van der Waals surface area contributed by atoms with Gasteiger partial charge >= 0.3 is 0 Å². The lowest BCUT2D eigenvalue weighted by Crippen LogP contribution is -2.35. The Balaban J connectivity index is 2.38. The molecule has 0 heterocycles. The zero-order valence-electron chi connectivity index (χ0n) is 10.2. The second kappa shape index (κ2) is 5.06. The van der Waals surface area contributed by atoms with Crippen molar-refractivity contribution in [2.24, 2.45) is 0 Å². The van der Waals surface area contributed by atoms with Gasteiger partial charge in [-0.15, -0.1) is 0 Å². The van der Waals surface area contributed by atoms with Crippen LogP contribution in [0.1, 0.15) is 17.3 Å². The zero-order chi connectivity index (χ0) is 13.1. The van der Waals surface area contributed by atoms with Gasteiger partial charge in [0.15, 0.2) is 0 Å². The number of aliphatic hydroxyl groups excluding tert-OH is 1. The summed E-state index contributed by atoms with van der Waals surface area (Å²) in [6.07, 6.45) is 0. The molecule has 2 rings (SSSR count). The minimum Gasteiger partial charge on any atom is -0.398 e. The summed E-state index contributed by atoms with van der Waals surface area (Å²) in [6, 6.07) is 11.0. The molecule has 2 aromatic carbocycles. The van der Waals surface area contributed by atoms with Crippen molar-refractivity contribution in [3.05, 3.63) is 42.0 Å². The van der Waals surface area contributed by atoms with Crippen LogP contribution >= 0.6 is 0 Å². The minimum absolute atomic E-state index is 0.0980. The first-order valence-electron chi connectivity index (χ1n) is 5.82. The molecule has 0 spiro atoms. The summed E-state index contributed by atoms with van der Waals surface area (Å²) in [5.74, 6) is -0.264. The van der Waals surface area contributed by atoms with E-state index in [0.29, 0.717) is 11.3 Å². The fourth-order valence-corrected chi connectivity index (χ4v) is 1.80. The molecule has 18 heavy (non-hydrogen) atoms. The van der Waals surface area contributed by atoms with Crippen LogP contribution in [-0.2, 0) is 0 Å². The van der Waals surface area contributed by atoms with E-state index in [-0.39, 0.29) is 18.6 Å². The van der Waals surface area contributed by atoms with Crippen molar-refractivity contribution >= 4 is 22.4 Å². The van der Waals surface area contributed by atoms with E-state index in [0.717, 1.165) is 10.8 Å². The SMILES string of the molecule is CC(CO)NC(=O)c1cc2ccccc2cc1N. The van der Waals surface area contributed by atoms with Crippen molar-refractivity contribution in [3.63, 3.8) is 0 Å². The third kappa shape index (κ3) is 2.43. The normalized spacial score (nSPS) is 12.3. The molecule has 1 amide bonds. The summed E-state index contributed by atoms with van der Waals surface area (Å²) >= 11 is 0. The molecule has 0 aliphatic carbocycles. The maximum atomic E-state index is 12.0. The number of nitrogens with one attached hydrogen (secondary N) is 1. The van der Waals surface area contributed by atoms with Crippen LogP contribution in [0.3, 0.4) is 0 Å². The van der Waals surface area contributed by atoms with Crippen molar-refractivity contribution in [3.8, 4) is 0 Å². The molecule has 4 N–H and O–H groups in total. The first-order valence-corrected chi connectivity index (χ1v) is 5.82. The van der Waals surface area contributed by atoms with Gasteiger partial charge in [-0.2, -0.15) is 0 Å². The monoisotopic (exact) mass is 244 g/mol. The van der Waals surface area contributed by atoms with Crippen molar-refractivity contribution in [2.75, 3.05) is 12.3 Å². The maximum absolute atomic E-state index is 12.0. The molecule has 0 aliphatic heterocycles. The smallest absolute Gasteiger partial charge is 0.253 e. The maximum Gasteiger partial charge on any atom is 0.253 e. The molecule has 2 aromatic rings. The van der Waals surface area contributed by atoms with E-state index >= 15 is 0 Å². The molecule has 4 nitrogen and oxygen atoms in total. The second-order valence-electron chi connectivity index (χ2n) is 4.34. The number of fused-ring (bicyclic) bond motifs is 1. The number of hydrogen-bond donors (Lipinski definition) is 3. The number of hydrogen-bond acceptors (Lipinski definition) is 3. The molecule has 1 atom stereocenters. The van der Waals surface area contributed by atoms with Crippen LogP contribution in [0.5, 0.6) is 0 Å². The average Bonchev–Trinajstić information content (AvgIpc) is 2.37. The molecule has 94 valence electrons. The van der Waals surface area contributed by atoms with Crippen LogP contribution in [0, 0.1) is 0 Å². The summed E-state index contributed by atoms with van der Waals surface area (Å²) in [6.45, 7) is 1.63. The molecule has 0 aromatic heterocycles. The lowest BCUT2D eigenvalue weighted by Gasteiger charge is -2.12. The Hall–Kier alpha value is -2.07. The number of rotatable bonds is 3. The summed E-state index contributed by atoms with van der Waals surface area (Å²) in [7, 11) is 0. The van der Waals surface area contributed by atoms with Crippen molar-refractivity contribution in [1.82, 2.24) is 5.32 Å². The van der Waals surface area contributed by atoms with Crippen LogP contribution in [0.2, 0.25) is 0 Å². The van der Waals surface area contributed by atoms with Gasteiger partial charge in [0.2, 0.25) is 0 Å². The summed E-state index contributed by atoms with van der Waals surface area (Å²) < 4.78 is 0. The van der Waals surface area contributed by atoms with E-state index in [2.05, 4.69) is 5.32 Å². The molecule has 1 unspecified atom stereocenters. The highest BCUT2D eigenvalue weighted by atomic mass is 16.3. The molecule has 0 radical (unpaired) electrons. The van der Waals surface area contributed by atoms with E-state index in [9.17, 15) is 4.79 Å². The molecular formula is C14H16N2O2. The molecule has 0 bridgehead atoms. The number of carbonyl (C=O) groups is 1. The molecule has 0 saturated heterocycles. The first kappa shape index (κ1) is 12.4. The van der Waals surface area contributed by atoms with Gasteiger partial charge in [0.1, 0.15) is 0 Å². The van der Waals surface area contributed by atoms with Gasteiger partial charge in [-0.3, -0.25) is 4.79 Å². The van der Waals surface area contributed by atoms with Crippen LogP contribution in [0.4, 0.5) is 5.69 Å². The van der Waals surface area contributed by atoms with Gasteiger partial charge in [-0.05, 0) is 29.8 Å². The zero-order valence-corrected chi connectivity index (χ0v) is 10.2. The Morgan fingerprint density at radius 2 is 1.94 bits per heavy atom. The van der Waals surface area contributed by atoms with E-state index in [1.807, 2.05) is 24.3 Å². The van der Waals surface area contributed by atoms with Crippen LogP contribution in [0.15, 0.2) is 36.4 Å². The number of nitrogen functional groups attached to an aromatic ring is 1. The van der Waals surface area contributed by atoms with E-state index in [1.54, 1.807) is 19.1 Å². The van der Waals surface area contributed by atoms with Crippen LogP contribution in [0.25, 0.3) is 10.8 Å². The molecular weight excluding hydrogens is 228 g/mol. The summed E-state index contributed by atoms with van der Waals surface area (Å²) in [5, 5.41) is 13.6. The van der Waals surface area contributed by atoms with Gasteiger partial charge in [0.25, 0.3) is 5.91 Å². The number of anilines is 1. The number of benzene rings is 2. The fourth-order valence-electron chi connectivity index (χ4n) is 1.80. The predicted octanol–water partition coefficient (Wildman–Crippen LogP) is 1.53. The topological polar surface area (TPSA) is 75.3 Å². The second-order valence-corrected chi connectivity index (χ2v) is 4.34. The van der Waals surface area contributed by atoms with Crippen molar-refractivity contribution in [1.29, 1.82) is 0 Å². The van der Waals surface area contributed by atoms with Gasteiger partial charge in [0.05, 0.1) is 12.2 Å². The van der Waals surface area contributed by atoms with Crippen LogP contribution in [-0.4, -0.2) is 23.7 Å². The average molecular weight is 244 g/mol. The quantitative estimate of drug-likeness (QED) is 0.717. The standard InChI is InChI=1S/C14H16N2O2/c1-9(8-17)16-14(18)12-6-10-4-2-3-5-11(10)7-13(12)15/h2-7,9,17H,8,15H2,1H3,(H,16,18). The number of carbonyl (C=O) groups excluding carboxylic acids is 1. The Morgan fingerprint density at radius 3 is 2.56 bits per heavy atom. The van der Waals surface area contributed by atoms with E-state index < -0.39 is 0 Å². The fraction of sp³-hybridized carbons (Fsp3) is 0.214. The highest BCUT2D eigenvalue weighted by Crippen LogP contribution is 2.21. The molecule has 0 aliphatic rings. The highest BCUT2D eigenvalue weighted by Gasteiger charge is 2.12. The third-order valence-electron chi connectivity index (χ3n) is 2.81. The number of aliphatic hydroxyl groups is 1. The number of amides is 1.